The first-order valence-electron chi connectivity index (χ1n) is 5.34. The van der Waals surface area contributed by atoms with Crippen molar-refractivity contribution < 1.29 is 19.8 Å². The van der Waals surface area contributed by atoms with Crippen molar-refractivity contribution in [2.45, 2.75) is 32.2 Å². The minimum absolute atomic E-state index is 0.159. The second-order valence-electron chi connectivity index (χ2n) is 3.72. The molecule has 0 aromatic heterocycles. The molecule has 0 bridgehead atoms. The number of carbonyl (C=O) groups is 2. The summed E-state index contributed by atoms with van der Waals surface area (Å²) < 4.78 is 0. The molecule has 0 saturated heterocycles. The van der Waals surface area contributed by atoms with Crippen LogP contribution in [0.5, 0.6) is 0 Å². The van der Waals surface area contributed by atoms with E-state index in [-0.39, 0.29) is 12.6 Å². The van der Waals surface area contributed by atoms with Crippen LogP contribution in [0, 0.1) is 0 Å². The van der Waals surface area contributed by atoms with Gasteiger partial charge in [-0.05, 0) is 26.2 Å². The van der Waals surface area contributed by atoms with Gasteiger partial charge in [0.15, 0.2) is 0 Å². The van der Waals surface area contributed by atoms with Crippen molar-refractivity contribution >= 4 is 12.0 Å². The lowest BCUT2D eigenvalue weighted by atomic mass is 10.2. The average molecular weight is 232 g/mol. The minimum atomic E-state index is -1.05. The maximum atomic E-state index is 11.4. The number of nitrogens with zero attached hydrogens (tertiary/aromatic N) is 1. The number of hydrogen-bond acceptors (Lipinski definition) is 3. The molecule has 16 heavy (non-hydrogen) atoms. The predicted molar refractivity (Wildman–Crippen MR) is 59.2 cm³/mol. The molecule has 0 aromatic rings. The first kappa shape index (κ1) is 14.7. The topological polar surface area (TPSA) is 89.9 Å². The summed E-state index contributed by atoms with van der Waals surface area (Å²) in [5.41, 5.74) is 0. The van der Waals surface area contributed by atoms with Gasteiger partial charge in [0.05, 0.1) is 0 Å². The number of urea groups is 1. The quantitative estimate of drug-likeness (QED) is 0.549. The van der Waals surface area contributed by atoms with E-state index in [1.54, 1.807) is 7.05 Å². The molecule has 0 aliphatic rings. The predicted octanol–water partition coefficient (Wildman–Crippen LogP) is 0.263. The highest BCUT2D eigenvalue weighted by Crippen LogP contribution is 1.97. The van der Waals surface area contributed by atoms with Crippen molar-refractivity contribution in [2.24, 2.45) is 0 Å². The van der Waals surface area contributed by atoms with Crippen LogP contribution in [-0.2, 0) is 4.79 Å². The Morgan fingerprint density at radius 2 is 1.94 bits per heavy atom. The third kappa shape index (κ3) is 6.23. The molecule has 0 saturated carbocycles. The summed E-state index contributed by atoms with van der Waals surface area (Å²) in [5.74, 6) is -1.05. The van der Waals surface area contributed by atoms with Gasteiger partial charge in [0, 0.05) is 20.2 Å². The molecule has 0 unspecified atom stereocenters. The van der Waals surface area contributed by atoms with Crippen LogP contribution in [0.4, 0.5) is 4.79 Å². The Labute approximate surface area is 95.2 Å². The molecule has 0 aliphatic carbocycles. The number of carbonyl (C=O) groups excluding carboxylic acids is 1. The average Bonchev–Trinajstić information content (AvgIpc) is 2.23. The largest absolute Gasteiger partial charge is 0.480 e. The van der Waals surface area contributed by atoms with Crippen molar-refractivity contribution in [3.63, 3.8) is 0 Å². The molecule has 0 radical (unpaired) electrons. The Balaban J connectivity index is 3.77. The number of nitrogens with one attached hydrogen (secondary N) is 1. The number of carboxylic acids is 1. The van der Waals surface area contributed by atoms with E-state index >= 15 is 0 Å². The number of hydrogen-bond donors (Lipinski definition) is 3. The Morgan fingerprint density at radius 1 is 1.31 bits per heavy atom. The molecule has 6 heteroatoms. The first-order chi connectivity index (χ1) is 7.49. The zero-order valence-corrected chi connectivity index (χ0v) is 9.77. The number of aliphatic hydroxyl groups excluding tert-OH is 1. The van der Waals surface area contributed by atoms with Crippen LogP contribution in [0.2, 0.25) is 0 Å². The van der Waals surface area contributed by atoms with E-state index in [0.29, 0.717) is 6.54 Å². The van der Waals surface area contributed by atoms with Crippen molar-refractivity contribution in [1.82, 2.24) is 10.2 Å². The highest BCUT2D eigenvalue weighted by Gasteiger charge is 2.16. The van der Waals surface area contributed by atoms with E-state index in [2.05, 4.69) is 5.32 Å². The van der Waals surface area contributed by atoms with Gasteiger partial charge >= 0.3 is 12.0 Å². The van der Waals surface area contributed by atoms with Crippen molar-refractivity contribution in [3.05, 3.63) is 0 Å². The molecule has 3 N–H and O–H groups in total. The van der Waals surface area contributed by atoms with Crippen molar-refractivity contribution in [3.8, 4) is 0 Å². The van der Waals surface area contributed by atoms with Crippen LogP contribution in [0.3, 0.4) is 0 Å². The molecule has 0 heterocycles. The van der Waals surface area contributed by atoms with Crippen LogP contribution in [0.15, 0.2) is 0 Å². The molecule has 1 atom stereocenters. The SMILES string of the molecule is C[C@H](NC(=O)N(C)CCCCCO)C(=O)O. The number of unbranched alkanes of at least 4 members (excludes halogenated alkanes) is 2. The molecular weight excluding hydrogens is 212 g/mol. The second-order valence-corrected chi connectivity index (χ2v) is 3.72. The number of amides is 2. The van der Waals surface area contributed by atoms with Crippen molar-refractivity contribution in [1.29, 1.82) is 0 Å². The van der Waals surface area contributed by atoms with E-state index < -0.39 is 12.0 Å². The molecule has 2 amide bonds. The molecule has 0 aliphatic heterocycles. The van der Waals surface area contributed by atoms with Crippen molar-refractivity contribution in [2.75, 3.05) is 20.2 Å². The maximum absolute atomic E-state index is 11.4. The molecule has 0 spiro atoms. The van der Waals surface area contributed by atoms with Gasteiger partial charge < -0.3 is 20.4 Å². The van der Waals surface area contributed by atoms with Crippen LogP contribution in [0.25, 0.3) is 0 Å². The molecular formula is C10H20N2O4. The summed E-state index contributed by atoms with van der Waals surface area (Å²) in [6, 6.07) is -1.27. The summed E-state index contributed by atoms with van der Waals surface area (Å²) in [6.07, 6.45) is 2.37. The highest BCUT2D eigenvalue weighted by molar-refractivity contribution is 5.82. The van der Waals surface area contributed by atoms with Gasteiger partial charge in [0.25, 0.3) is 0 Å². The maximum Gasteiger partial charge on any atom is 0.325 e. The monoisotopic (exact) mass is 232 g/mol. The van der Waals surface area contributed by atoms with Gasteiger partial charge in [0.2, 0.25) is 0 Å². The molecule has 0 aromatic carbocycles. The smallest absolute Gasteiger partial charge is 0.325 e. The lowest BCUT2D eigenvalue weighted by Crippen LogP contribution is -2.45. The van der Waals surface area contributed by atoms with E-state index in [1.807, 2.05) is 0 Å². The summed E-state index contributed by atoms with van der Waals surface area (Å²) >= 11 is 0. The molecule has 0 fully saturated rings. The Morgan fingerprint density at radius 3 is 2.44 bits per heavy atom. The van der Waals surface area contributed by atoms with Gasteiger partial charge in [-0.25, -0.2) is 4.79 Å². The van der Waals surface area contributed by atoms with Crippen LogP contribution < -0.4 is 5.32 Å². The van der Waals surface area contributed by atoms with Gasteiger partial charge in [-0.3, -0.25) is 4.79 Å². The number of aliphatic hydroxyl groups is 1. The lowest BCUT2D eigenvalue weighted by Gasteiger charge is -2.19. The zero-order chi connectivity index (χ0) is 12.6. The number of carboxylic acid groups (broad SMARTS) is 1. The fourth-order valence-electron chi connectivity index (χ4n) is 1.10. The van der Waals surface area contributed by atoms with E-state index in [1.165, 1.54) is 11.8 Å². The van der Waals surface area contributed by atoms with Gasteiger partial charge in [-0.15, -0.1) is 0 Å². The molecule has 0 rings (SSSR count). The molecule has 94 valence electrons. The second kappa shape index (κ2) is 7.92. The van der Waals surface area contributed by atoms with Crippen LogP contribution in [0.1, 0.15) is 26.2 Å². The third-order valence-electron chi connectivity index (χ3n) is 2.21. The van der Waals surface area contributed by atoms with Crippen LogP contribution >= 0.6 is 0 Å². The number of rotatable bonds is 7. The van der Waals surface area contributed by atoms with Crippen LogP contribution in [-0.4, -0.2) is 53.4 Å². The third-order valence-corrected chi connectivity index (χ3v) is 2.21. The summed E-state index contributed by atoms with van der Waals surface area (Å²) in [6.45, 7) is 2.13. The summed E-state index contributed by atoms with van der Waals surface area (Å²) in [5, 5.41) is 19.5. The van der Waals surface area contributed by atoms with Gasteiger partial charge in [-0.2, -0.15) is 0 Å². The normalized spacial score (nSPS) is 11.9. The summed E-state index contributed by atoms with van der Waals surface area (Å²) in [4.78, 5) is 23.4. The lowest BCUT2D eigenvalue weighted by molar-refractivity contribution is -0.138. The fourth-order valence-corrected chi connectivity index (χ4v) is 1.10. The Hall–Kier alpha value is -1.30. The molecule has 6 nitrogen and oxygen atoms in total. The van der Waals surface area contributed by atoms with E-state index in [9.17, 15) is 9.59 Å². The first-order valence-corrected chi connectivity index (χ1v) is 5.34. The fraction of sp³-hybridized carbons (Fsp3) is 0.800. The van der Waals surface area contributed by atoms with E-state index in [4.69, 9.17) is 10.2 Å². The standard InChI is InChI=1S/C10H20N2O4/c1-8(9(14)15)11-10(16)12(2)6-4-3-5-7-13/h8,13H,3-7H2,1-2H3,(H,11,16)(H,14,15)/t8-/m0/s1. The number of aliphatic carboxylic acids is 1. The van der Waals surface area contributed by atoms with Gasteiger partial charge in [-0.1, -0.05) is 0 Å². The Bertz CT molecular complexity index is 233. The summed E-state index contributed by atoms with van der Waals surface area (Å²) in [7, 11) is 1.61. The minimum Gasteiger partial charge on any atom is -0.480 e. The highest BCUT2D eigenvalue weighted by atomic mass is 16.4. The van der Waals surface area contributed by atoms with E-state index in [0.717, 1.165) is 19.3 Å². The zero-order valence-electron chi connectivity index (χ0n) is 9.77. The van der Waals surface area contributed by atoms with Gasteiger partial charge in [0.1, 0.15) is 6.04 Å². The Kier molecular flexibility index (Phi) is 7.28.